The monoisotopic (exact) mass is 187 g/mol. The SMILES string of the molecule is CC.CC.CCC1CCN(C)CC1. The Morgan fingerprint density at radius 2 is 1.38 bits per heavy atom. The Morgan fingerprint density at radius 3 is 1.69 bits per heavy atom. The Balaban J connectivity index is 0. The molecule has 0 spiro atoms. The lowest BCUT2D eigenvalue weighted by Gasteiger charge is -2.27. The lowest BCUT2D eigenvalue weighted by molar-refractivity contribution is 0.216. The van der Waals surface area contributed by atoms with E-state index in [0.717, 1.165) is 5.92 Å². The molecular formula is C12H29N. The van der Waals surface area contributed by atoms with Crippen LogP contribution in [0.1, 0.15) is 53.9 Å². The fourth-order valence-electron chi connectivity index (χ4n) is 1.47. The van der Waals surface area contributed by atoms with Crippen LogP contribution in [0.25, 0.3) is 0 Å². The van der Waals surface area contributed by atoms with E-state index in [1.54, 1.807) is 0 Å². The van der Waals surface area contributed by atoms with E-state index in [0.29, 0.717) is 0 Å². The summed E-state index contributed by atoms with van der Waals surface area (Å²) in [5.74, 6) is 1.03. The van der Waals surface area contributed by atoms with Crippen LogP contribution in [-0.2, 0) is 0 Å². The van der Waals surface area contributed by atoms with Crippen molar-refractivity contribution in [1.82, 2.24) is 4.90 Å². The van der Waals surface area contributed by atoms with Gasteiger partial charge in [0.1, 0.15) is 0 Å². The predicted molar refractivity (Wildman–Crippen MR) is 63.2 cm³/mol. The van der Waals surface area contributed by atoms with Crippen LogP contribution in [-0.4, -0.2) is 25.0 Å². The zero-order valence-electron chi connectivity index (χ0n) is 10.6. The lowest BCUT2D eigenvalue weighted by Crippen LogP contribution is -2.29. The van der Waals surface area contributed by atoms with Crippen molar-refractivity contribution in [2.24, 2.45) is 5.92 Å². The van der Waals surface area contributed by atoms with Crippen molar-refractivity contribution < 1.29 is 0 Å². The van der Waals surface area contributed by atoms with Crippen LogP contribution >= 0.6 is 0 Å². The summed E-state index contributed by atoms with van der Waals surface area (Å²) in [6.45, 7) is 12.9. The van der Waals surface area contributed by atoms with Crippen LogP contribution in [0.2, 0.25) is 0 Å². The largest absolute Gasteiger partial charge is 0.306 e. The van der Waals surface area contributed by atoms with Crippen LogP contribution in [0, 0.1) is 5.92 Å². The standard InChI is InChI=1S/C8H17N.2C2H6/c1-3-8-4-6-9(2)7-5-8;2*1-2/h8H,3-7H2,1-2H3;2*1-2H3. The van der Waals surface area contributed by atoms with Gasteiger partial charge in [0.25, 0.3) is 0 Å². The number of piperidine rings is 1. The molecule has 13 heavy (non-hydrogen) atoms. The Hall–Kier alpha value is -0.0400. The van der Waals surface area contributed by atoms with E-state index in [-0.39, 0.29) is 0 Å². The van der Waals surface area contributed by atoms with Gasteiger partial charge in [-0.25, -0.2) is 0 Å². The third-order valence-electron chi connectivity index (χ3n) is 2.42. The van der Waals surface area contributed by atoms with Crippen molar-refractivity contribution in [3.63, 3.8) is 0 Å². The van der Waals surface area contributed by atoms with E-state index < -0.39 is 0 Å². The van der Waals surface area contributed by atoms with Crippen molar-refractivity contribution >= 4 is 0 Å². The Morgan fingerprint density at radius 1 is 1.00 bits per heavy atom. The molecule has 82 valence electrons. The first kappa shape index (κ1) is 15.4. The third kappa shape index (κ3) is 8.29. The molecule has 1 heteroatoms. The molecule has 0 atom stereocenters. The van der Waals surface area contributed by atoms with E-state index in [9.17, 15) is 0 Å². The van der Waals surface area contributed by atoms with Gasteiger partial charge in [0.15, 0.2) is 0 Å². The maximum absolute atomic E-state index is 2.42. The predicted octanol–water partition coefficient (Wildman–Crippen LogP) is 3.79. The zero-order valence-corrected chi connectivity index (χ0v) is 10.6. The van der Waals surface area contributed by atoms with Gasteiger partial charge >= 0.3 is 0 Å². The summed E-state index contributed by atoms with van der Waals surface area (Å²) in [5.41, 5.74) is 0. The molecule has 0 amide bonds. The highest BCUT2D eigenvalue weighted by Gasteiger charge is 2.13. The van der Waals surface area contributed by atoms with E-state index in [1.807, 2.05) is 27.7 Å². The van der Waals surface area contributed by atoms with Gasteiger partial charge in [-0.3, -0.25) is 0 Å². The second-order valence-corrected chi connectivity index (χ2v) is 3.15. The molecule has 0 radical (unpaired) electrons. The first-order chi connectivity index (χ1) is 6.33. The molecule has 1 rings (SSSR count). The van der Waals surface area contributed by atoms with E-state index >= 15 is 0 Å². The van der Waals surface area contributed by atoms with Crippen LogP contribution < -0.4 is 0 Å². The maximum atomic E-state index is 2.42. The maximum Gasteiger partial charge on any atom is -0.00191 e. The molecule has 0 bridgehead atoms. The van der Waals surface area contributed by atoms with Crippen LogP contribution in [0.15, 0.2) is 0 Å². The van der Waals surface area contributed by atoms with Crippen LogP contribution in [0.5, 0.6) is 0 Å². The van der Waals surface area contributed by atoms with E-state index in [4.69, 9.17) is 0 Å². The van der Waals surface area contributed by atoms with Crippen molar-refractivity contribution in [2.75, 3.05) is 20.1 Å². The van der Waals surface area contributed by atoms with Gasteiger partial charge in [-0.1, -0.05) is 41.0 Å². The topological polar surface area (TPSA) is 3.24 Å². The summed E-state index contributed by atoms with van der Waals surface area (Å²) in [7, 11) is 2.21. The zero-order chi connectivity index (χ0) is 10.7. The number of hydrogen-bond donors (Lipinski definition) is 0. The molecule has 0 aromatic carbocycles. The van der Waals surface area contributed by atoms with Gasteiger partial charge in [0, 0.05) is 0 Å². The molecular weight excluding hydrogens is 158 g/mol. The second kappa shape index (κ2) is 12.0. The molecule has 1 aliphatic heterocycles. The summed E-state index contributed by atoms with van der Waals surface area (Å²) in [6.07, 6.45) is 4.23. The average molecular weight is 187 g/mol. The third-order valence-corrected chi connectivity index (χ3v) is 2.42. The highest BCUT2D eigenvalue weighted by atomic mass is 15.1. The van der Waals surface area contributed by atoms with Gasteiger partial charge in [0.2, 0.25) is 0 Å². The first-order valence-electron chi connectivity index (χ1n) is 6.01. The Kier molecular flexibility index (Phi) is 14.2. The fraction of sp³-hybridized carbons (Fsp3) is 1.00. The van der Waals surface area contributed by atoms with Crippen molar-refractivity contribution in [3.8, 4) is 0 Å². The lowest BCUT2D eigenvalue weighted by atomic mass is 9.95. The Bertz CT molecular complexity index is 73.2. The molecule has 1 saturated heterocycles. The molecule has 1 aliphatic rings. The summed E-state index contributed by atoms with van der Waals surface area (Å²) in [6, 6.07) is 0. The highest BCUT2D eigenvalue weighted by molar-refractivity contribution is 4.67. The molecule has 1 heterocycles. The molecule has 1 nitrogen and oxygen atoms in total. The van der Waals surface area contributed by atoms with Gasteiger partial charge in [-0.2, -0.15) is 0 Å². The fourth-order valence-corrected chi connectivity index (χ4v) is 1.47. The minimum Gasteiger partial charge on any atom is -0.306 e. The minimum absolute atomic E-state index is 1.03. The molecule has 0 aromatic heterocycles. The average Bonchev–Trinajstić information content (AvgIpc) is 2.25. The second-order valence-electron chi connectivity index (χ2n) is 3.15. The quantitative estimate of drug-likeness (QED) is 0.603. The van der Waals surface area contributed by atoms with Crippen LogP contribution in [0.3, 0.4) is 0 Å². The van der Waals surface area contributed by atoms with Crippen molar-refractivity contribution in [3.05, 3.63) is 0 Å². The van der Waals surface area contributed by atoms with Crippen molar-refractivity contribution in [1.29, 1.82) is 0 Å². The summed E-state index contributed by atoms with van der Waals surface area (Å²) < 4.78 is 0. The normalized spacial score (nSPS) is 18.0. The van der Waals surface area contributed by atoms with E-state index in [2.05, 4.69) is 18.9 Å². The molecule has 1 fully saturated rings. The number of nitrogens with zero attached hydrogens (tertiary/aromatic N) is 1. The molecule has 0 N–H and O–H groups in total. The Labute approximate surface area is 85.5 Å². The molecule has 0 aliphatic carbocycles. The summed E-state index contributed by atoms with van der Waals surface area (Å²) in [5, 5.41) is 0. The van der Waals surface area contributed by atoms with Crippen molar-refractivity contribution in [2.45, 2.75) is 53.9 Å². The van der Waals surface area contributed by atoms with Gasteiger partial charge in [-0.05, 0) is 38.9 Å². The molecule has 0 aromatic rings. The molecule has 0 unspecified atom stereocenters. The summed E-state index contributed by atoms with van der Waals surface area (Å²) >= 11 is 0. The highest BCUT2D eigenvalue weighted by Crippen LogP contribution is 2.18. The van der Waals surface area contributed by atoms with Gasteiger partial charge in [0.05, 0.1) is 0 Å². The first-order valence-corrected chi connectivity index (χ1v) is 6.01. The van der Waals surface area contributed by atoms with E-state index in [1.165, 1.54) is 32.4 Å². The number of likely N-dealkylation sites (tertiary alicyclic amines) is 1. The van der Waals surface area contributed by atoms with Gasteiger partial charge in [-0.15, -0.1) is 0 Å². The summed E-state index contributed by atoms with van der Waals surface area (Å²) in [4.78, 5) is 2.42. The molecule has 0 saturated carbocycles. The number of rotatable bonds is 1. The van der Waals surface area contributed by atoms with Gasteiger partial charge < -0.3 is 4.90 Å². The van der Waals surface area contributed by atoms with Crippen LogP contribution in [0.4, 0.5) is 0 Å². The minimum atomic E-state index is 1.03. The number of hydrogen-bond acceptors (Lipinski definition) is 1. The smallest absolute Gasteiger partial charge is 0.00191 e.